The smallest absolute Gasteiger partial charge is 0.325 e. The number of hydrogen-bond acceptors (Lipinski definition) is 4. The molecule has 0 aliphatic heterocycles. The molecule has 3 aromatic rings. The van der Waals surface area contributed by atoms with Gasteiger partial charge in [-0.2, -0.15) is 9.97 Å². The zero-order valence-corrected chi connectivity index (χ0v) is 13.3. The van der Waals surface area contributed by atoms with E-state index in [9.17, 15) is 0 Å². The predicted octanol–water partition coefficient (Wildman–Crippen LogP) is 4.53. The molecule has 20 heavy (non-hydrogen) atoms. The minimum Gasteiger partial charge on any atom is -0.423 e. The van der Waals surface area contributed by atoms with Crippen molar-refractivity contribution in [2.75, 3.05) is 5.73 Å². The molecule has 6 heteroatoms. The van der Waals surface area contributed by atoms with Gasteiger partial charge < -0.3 is 10.5 Å². The van der Waals surface area contributed by atoms with Crippen LogP contribution in [0.15, 0.2) is 51.5 Å². The Morgan fingerprint density at radius 1 is 1.00 bits per heavy atom. The monoisotopic (exact) mass is 393 g/mol. The molecule has 0 fully saturated rings. The topological polar surface area (TPSA) is 61.0 Å². The molecule has 0 radical (unpaired) electrons. The van der Waals surface area contributed by atoms with Crippen LogP contribution in [0, 0.1) is 0 Å². The molecule has 0 spiro atoms. The van der Waals surface area contributed by atoms with E-state index in [2.05, 4.69) is 41.8 Å². The normalized spacial score (nSPS) is 10.7. The van der Waals surface area contributed by atoms with E-state index in [1.165, 1.54) is 0 Å². The molecule has 1 aromatic heterocycles. The van der Waals surface area contributed by atoms with Crippen molar-refractivity contribution in [1.82, 2.24) is 9.97 Å². The zero-order chi connectivity index (χ0) is 14.1. The maximum absolute atomic E-state index is 5.70. The van der Waals surface area contributed by atoms with E-state index in [1.807, 2.05) is 36.4 Å². The number of benzene rings is 2. The lowest BCUT2D eigenvalue weighted by atomic mass is 10.1. The summed E-state index contributed by atoms with van der Waals surface area (Å²) in [4.78, 5) is 8.18. The Hall–Kier alpha value is -1.66. The first-order valence-electron chi connectivity index (χ1n) is 5.78. The third-order valence-corrected chi connectivity index (χ3v) is 3.95. The van der Waals surface area contributed by atoms with E-state index in [-0.39, 0.29) is 6.01 Å². The average molecular weight is 395 g/mol. The highest BCUT2D eigenvalue weighted by Gasteiger charge is 2.09. The number of rotatable bonds is 2. The fourth-order valence-electron chi connectivity index (χ4n) is 1.85. The Morgan fingerprint density at radius 2 is 1.80 bits per heavy atom. The largest absolute Gasteiger partial charge is 0.423 e. The van der Waals surface area contributed by atoms with Gasteiger partial charge in [-0.1, -0.05) is 30.3 Å². The molecule has 0 atom stereocenters. The summed E-state index contributed by atoms with van der Waals surface area (Å²) in [5.74, 6) is 0.986. The van der Waals surface area contributed by atoms with Gasteiger partial charge in [0.05, 0.1) is 4.47 Å². The van der Waals surface area contributed by atoms with Gasteiger partial charge in [-0.25, -0.2) is 0 Å². The van der Waals surface area contributed by atoms with Gasteiger partial charge >= 0.3 is 6.01 Å². The molecule has 2 aromatic carbocycles. The molecule has 0 saturated heterocycles. The van der Waals surface area contributed by atoms with Crippen LogP contribution in [0.2, 0.25) is 0 Å². The molecular weight excluding hydrogens is 386 g/mol. The Labute approximate surface area is 132 Å². The van der Waals surface area contributed by atoms with Gasteiger partial charge in [-0.15, -0.1) is 0 Å². The van der Waals surface area contributed by atoms with Crippen molar-refractivity contribution in [3.63, 3.8) is 0 Å². The second-order valence-electron chi connectivity index (χ2n) is 4.10. The van der Waals surface area contributed by atoms with Crippen LogP contribution in [0.4, 0.5) is 5.82 Å². The molecule has 0 saturated carbocycles. The molecule has 0 bridgehead atoms. The second kappa shape index (κ2) is 5.38. The number of anilines is 1. The minimum absolute atomic E-state index is 0.202. The van der Waals surface area contributed by atoms with Crippen LogP contribution < -0.4 is 10.5 Å². The molecule has 0 unspecified atom stereocenters. The number of nitrogens with zero attached hydrogens (tertiary/aromatic N) is 2. The molecule has 4 nitrogen and oxygen atoms in total. The Morgan fingerprint density at radius 3 is 2.60 bits per heavy atom. The lowest BCUT2D eigenvalue weighted by Crippen LogP contribution is -1.97. The van der Waals surface area contributed by atoms with Crippen molar-refractivity contribution >= 4 is 48.5 Å². The Bertz CT molecular complexity index is 772. The third kappa shape index (κ3) is 2.62. The summed E-state index contributed by atoms with van der Waals surface area (Å²) in [6.45, 7) is 0. The fourth-order valence-corrected chi connectivity index (χ4v) is 2.81. The maximum atomic E-state index is 5.70. The van der Waals surface area contributed by atoms with Crippen molar-refractivity contribution in [3.05, 3.63) is 51.5 Å². The van der Waals surface area contributed by atoms with Gasteiger partial charge in [0, 0.05) is 6.07 Å². The van der Waals surface area contributed by atoms with Crippen molar-refractivity contribution < 1.29 is 4.74 Å². The molecular formula is C14H9Br2N3O. The second-order valence-corrected chi connectivity index (χ2v) is 5.70. The summed E-state index contributed by atoms with van der Waals surface area (Å²) >= 11 is 6.81. The standard InChI is InChI=1S/C14H9Br2N3O/c15-11-7-12(17)19-14(18-11)20-10-6-5-8-3-1-2-4-9(8)13(10)16/h1-7H,(H2,17,18,19). The lowest BCUT2D eigenvalue weighted by Gasteiger charge is -2.09. The zero-order valence-electron chi connectivity index (χ0n) is 10.2. The highest BCUT2D eigenvalue weighted by atomic mass is 79.9. The number of fused-ring (bicyclic) bond motifs is 1. The summed E-state index contributed by atoms with van der Waals surface area (Å²) in [5, 5.41) is 2.19. The number of halogens is 2. The summed E-state index contributed by atoms with van der Waals surface area (Å²) in [6, 6.07) is 13.7. The predicted molar refractivity (Wildman–Crippen MR) is 85.9 cm³/mol. The molecule has 3 rings (SSSR count). The van der Waals surface area contributed by atoms with E-state index in [0.717, 1.165) is 15.2 Å². The third-order valence-electron chi connectivity index (χ3n) is 2.72. The van der Waals surface area contributed by atoms with Crippen LogP contribution in [0.3, 0.4) is 0 Å². The molecule has 2 N–H and O–H groups in total. The van der Waals surface area contributed by atoms with Crippen LogP contribution in [-0.4, -0.2) is 9.97 Å². The van der Waals surface area contributed by atoms with Crippen LogP contribution in [0.1, 0.15) is 0 Å². The number of nitrogens with two attached hydrogens (primary N) is 1. The first-order valence-corrected chi connectivity index (χ1v) is 7.37. The van der Waals surface area contributed by atoms with E-state index in [1.54, 1.807) is 6.07 Å². The van der Waals surface area contributed by atoms with Crippen molar-refractivity contribution in [1.29, 1.82) is 0 Å². The van der Waals surface area contributed by atoms with Gasteiger partial charge in [0.1, 0.15) is 16.2 Å². The molecule has 0 amide bonds. The van der Waals surface area contributed by atoms with Gasteiger partial charge in [0.15, 0.2) is 0 Å². The van der Waals surface area contributed by atoms with Gasteiger partial charge in [-0.05, 0) is 48.7 Å². The average Bonchev–Trinajstić information content (AvgIpc) is 2.41. The number of ether oxygens (including phenoxy) is 1. The molecule has 0 aliphatic rings. The summed E-state index contributed by atoms with van der Waals surface area (Å²) in [6.07, 6.45) is 0. The van der Waals surface area contributed by atoms with Crippen molar-refractivity contribution in [3.8, 4) is 11.8 Å². The summed E-state index contributed by atoms with van der Waals surface area (Å²) in [5.41, 5.74) is 5.67. The number of hydrogen-bond donors (Lipinski definition) is 1. The lowest BCUT2D eigenvalue weighted by molar-refractivity contribution is 0.440. The first kappa shape index (κ1) is 13.3. The highest BCUT2D eigenvalue weighted by Crippen LogP contribution is 2.35. The highest BCUT2D eigenvalue weighted by molar-refractivity contribution is 9.11. The van der Waals surface area contributed by atoms with Crippen LogP contribution in [-0.2, 0) is 0 Å². The van der Waals surface area contributed by atoms with Crippen LogP contribution in [0.25, 0.3) is 10.8 Å². The summed E-state index contributed by atoms with van der Waals surface area (Å²) < 4.78 is 7.14. The number of nitrogen functional groups attached to an aromatic ring is 1. The van der Waals surface area contributed by atoms with Crippen molar-refractivity contribution in [2.45, 2.75) is 0 Å². The van der Waals surface area contributed by atoms with Crippen molar-refractivity contribution in [2.24, 2.45) is 0 Å². The summed E-state index contributed by atoms with van der Waals surface area (Å²) in [7, 11) is 0. The van der Waals surface area contributed by atoms with Crippen LogP contribution >= 0.6 is 31.9 Å². The molecule has 1 heterocycles. The Kier molecular flexibility index (Phi) is 3.58. The quantitative estimate of drug-likeness (QED) is 0.648. The van der Waals surface area contributed by atoms with Gasteiger partial charge in [0.25, 0.3) is 0 Å². The van der Waals surface area contributed by atoms with E-state index >= 15 is 0 Å². The van der Waals surface area contributed by atoms with E-state index in [4.69, 9.17) is 10.5 Å². The minimum atomic E-state index is 0.202. The maximum Gasteiger partial charge on any atom is 0.325 e. The molecule has 100 valence electrons. The van der Waals surface area contributed by atoms with Gasteiger partial charge in [-0.3, -0.25) is 0 Å². The SMILES string of the molecule is Nc1cc(Br)nc(Oc2ccc3ccccc3c2Br)n1. The van der Waals surface area contributed by atoms with Gasteiger partial charge in [0.2, 0.25) is 0 Å². The van der Waals surface area contributed by atoms with Crippen LogP contribution in [0.5, 0.6) is 11.8 Å². The fraction of sp³-hybridized carbons (Fsp3) is 0. The Balaban J connectivity index is 2.04. The number of aromatic nitrogens is 2. The van der Waals surface area contributed by atoms with E-state index in [0.29, 0.717) is 16.2 Å². The van der Waals surface area contributed by atoms with E-state index < -0.39 is 0 Å². The molecule has 0 aliphatic carbocycles. The first-order chi connectivity index (χ1) is 9.63.